The van der Waals surface area contributed by atoms with Crippen molar-refractivity contribution in [2.24, 2.45) is 0 Å². The first-order chi connectivity index (χ1) is 11.1. The summed E-state index contributed by atoms with van der Waals surface area (Å²) in [5.41, 5.74) is 1.90. The molecule has 0 saturated heterocycles. The number of methoxy groups -OCH3 is 1. The van der Waals surface area contributed by atoms with Gasteiger partial charge in [0.1, 0.15) is 0 Å². The van der Waals surface area contributed by atoms with Crippen LogP contribution in [0.5, 0.6) is 0 Å². The molecule has 2 N–H and O–H groups in total. The van der Waals surface area contributed by atoms with E-state index in [0.29, 0.717) is 22.8 Å². The minimum atomic E-state index is -0.449. The maximum Gasteiger partial charge on any atom is 0.339 e. The van der Waals surface area contributed by atoms with Crippen LogP contribution in [0, 0.1) is 0 Å². The summed E-state index contributed by atoms with van der Waals surface area (Å²) in [6.07, 6.45) is 0. The topological polar surface area (TPSA) is 67.4 Å². The highest BCUT2D eigenvalue weighted by Gasteiger charge is 2.11. The number of carbonyl (C=O) groups excluding carboxylic acids is 2. The Bertz CT molecular complexity index is 686. The Morgan fingerprint density at radius 1 is 1.09 bits per heavy atom. The van der Waals surface area contributed by atoms with Crippen LogP contribution < -0.4 is 10.6 Å². The van der Waals surface area contributed by atoms with Gasteiger partial charge in [0, 0.05) is 17.3 Å². The van der Waals surface area contributed by atoms with Crippen LogP contribution in [0.25, 0.3) is 0 Å². The van der Waals surface area contributed by atoms with Crippen LogP contribution in [-0.4, -0.2) is 25.5 Å². The molecule has 0 aliphatic carbocycles. The van der Waals surface area contributed by atoms with Crippen LogP contribution in [-0.2, 0) is 16.1 Å². The number of hydrogen-bond acceptors (Lipinski definition) is 4. The largest absolute Gasteiger partial charge is 0.465 e. The standard InChI is InChI=1S/C17H17ClN2O3/c1-23-17(22)14-4-2-3-5-15(14)19-11-16(21)20-10-12-6-8-13(18)9-7-12/h2-9,19H,10-11H2,1H3,(H,20,21). The molecule has 0 unspecified atom stereocenters. The Morgan fingerprint density at radius 2 is 1.78 bits per heavy atom. The van der Waals surface area contributed by atoms with Gasteiger partial charge in [-0.1, -0.05) is 35.9 Å². The molecule has 2 rings (SSSR count). The van der Waals surface area contributed by atoms with Gasteiger partial charge in [-0.15, -0.1) is 0 Å². The average Bonchev–Trinajstić information content (AvgIpc) is 2.59. The Kier molecular flexibility index (Phi) is 6.00. The van der Waals surface area contributed by atoms with Gasteiger partial charge >= 0.3 is 5.97 Å². The third kappa shape index (κ3) is 5.00. The van der Waals surface area contributed by atoms with E-state index in [1.807, 2.05) is 12.1 Å². The molecular formula is C17H17ClN2O3. The number of anilines is 1. The highest BCUT2D eigenvalue weighted by molar-refractivity contribution is 6.30. The highest BCUT2D eigenvalue weighted by atomic mass is 35.5. The Morgan fingerprint density at radius 3 is 2.48 bits per heavy atom. The van der Waals surface area contributed by atoms with E-state index in [0.717, 1.165) is 5.56 Å². The van der Waals surface area contributed by atoms with E-state index in [9.17, 15) is 9.59 Å². The van der Waals surface area contributed by atoms with Crippen LogP contribution in [0.2, 0.25) is 5.02 Å². The van der Waals surface area contributed by atoms with Gasteiger partial charge in [0.15, 0.2) is 0 Å². The molecule has 0 fully saturated rings. The first-order valence-corrected chi connectivity index (χ1v) is 7.40. The van der Waals surface area contributed by atoms with Crippen molar-refractivity contribution >= 4 is 29.2 Å². The fourth-order valence-corrected chi connectivity index (χ4v) is 2.09. The summed E-state index contributed by atoms with van der Waals surface area (Å²) < 4.78 is 4.71. The van der Waals surface area contributed by atoms with E-state index in [-0.39, 0.29) is 12.5 Å². The van der Waals surface area contributed by atoms with Gasteiger partial charge in [0.25, 0.3) is 0 Å². The molecule has 0 radical (unpaired) electrons. The fraction of sp³-hybridized carbons (Fsp3) is 0.176. The molecule has 0 aliphatic heterocycles. The van der Waals surface area contributed by atoms with Crippen LogP contribution in [0.15, 0.2) is 48.5 Å². The minimum absolute atomic E-state index is 0.0571. The molecule has 120 valence electrons. The monoisotopic (exact) mass is 332 g/mol. The van der Waals surface area contributed by atoms with Crippen molar-refractivity contribution in [3.05, 3.63) is 64.7 Å². The summed E-state index contributed by atoms with van der Waals surface area (Å²) in [4.78, 5) is 23.5. The smallest absolute Gasteiger partial charge is 0.339 e. The lowest BCUT2D eigenvalue weighted by Gasteiger charge is -2.11. The summed E-state index contributed by atoms with van der Waals surface area (Å²) in [7, 11) is 1.32. The second-order valence-electron chi connectivity index (χ2n) is 4.79. The Balaban J connectivity index is 1.87. The van der Waals surface area contributed by atoms with E-state index < -0.39 is 5.97 Å². The normalized spacial score (nSPS) is 10.0. The second-order valence-corrected chi connectivity index (χ2v) is 5.23. The lowest BCUT2D eigenvalue weighted by atomic mass is 10.2. The van der Waals surface area contributed by atoms with Crippen molar-refractivity contribution in [1.29, 1.82) is 0 Å². The van der Waals surface area contributed by atoms with Gasteiger partial charge in [-0.05, 0) is 29.8 Å². The zero-order chi connectivity index (χ0) is 16.7. The zero-order valence-electron chi connectivity index (χ0n) is 12.6. The number of rotatable bonds is 6. The van der Waals surface area contributed by atoms with Crippen LogP contribution in [0.1, 0.15) is 15.9 Å². The molecule has 0 spiro atoms. The predicted octanol–water partition coefficient (Wildman–Crippen LogP) is 2.85. The molecule has 6 heteroatoms. The van der Waals surface area contributed by atoms with Crippen molar-refractivity contribution in [3.8, 4) is 0 Å². The summed E-state index contributed by atoms with van der Waals surface area (Å²) in [6, 6.07) is 14.1. The SMILES string of the molecule is COC(=O)c1ccccc1NCC(=O)NCc1ccc(Cl)cc1. The number of carbonyl (C=O) groups is 2. The lowest BCUT2D eigenvalue weighted by Crippen LogP contribution is -2.29. The summed E-state index contributed by atoms with van der Waals surface area (Å²) in [5.74, 6) is -0.630. The van der Waals surface area contributed by atoms with Gasteiger partial charge in [0.05, 0.1) is 19.2 Å². The van der Waals surface area contributed by atoms with Crippen molar-refractivity contribution < 1.29 is 14.3 Å². The van der Waals surface area contributed by atoms with Crippen molar-refractivity contribution in [1.82, 2.24) is 5.32 Å². The van der Waals surface area contributed by atoms with E-state index in [1.165, 1.54) is 7.11 Å². The maximum atomic E-state index is 11.9. The molecule has 0 heterocycles. The zero-order valence-corrected chi connectivity index (χ0v) is 13.4. The molecule has 23 heavy (non-hydrogen) atoms. The summed E-state index contributed by atoms with van der Waals surface area (Å²) >= 11 is 5.81. The molecule has 1 amide bonds. The third-order valence-corrected chi connectivity index (χ3v) is 3.43. The van der Waals surface area contributed by atoms with Crippen molar-refractivity contribution in [3.63, 3.8) is 0 Å². The molecule has 2 aromatic rings. The van der Waals surface area contributed by atoms with Crippen LogP contribution in [0.4, 0.5) is 5.69 Å². The minimum Gasteiger partial charge on any atom is -0.465 e. The van der Waals surface area contributed by atoms with Gasteiger partial charge < -0.3 is 15.4 Å². The summed E-state index contributed by atoms with van der Waals surface area (Å²) in [6.45, 7) is 0.470. The molecule has 2 aromatic carbocycles. The van der Waals surface area contributed by atoms with Crippen LogP contribution >= 0.6 is 11.6 Å². The molecule has 5 nitrogen and oxygen atoms in total. The van der Waals surface area contributed by atoms with Gasteiger partial charge in [-0.3, -0.25) is 4.79 Å². The van der Waals surface area contributed by atoms with E-state index >= 15 is 0 Å². The van der Waals surface area contributed by atoms with Crippen molar-refractivity contribution in [2.45, 2.75) is 6.54 Å². The number of para-hydroxylation sites is 1. The second kappa shape index (κ2) is 8.19. The predicted molar refractivity (Wildman–Crippen MR) is 89.6 cm³/mol. The first-order valence-electron chi connectivity index (χ1n) is 7.02. The molecule has 0 saturated carbocycles. The number of halogens is 1. The van der Waals surface area contributed by atoms with E-state index in [4.69, 9.17) is 16.3 Å². The average molecular weight is 333 g/mol. The van der Waals surface area contributed by atoms with Crippen molar-refractivity contribution in [2.75, 3.05) is 19.0 Å². The van der Waals surface area contributed by atoms with Gasteiger partial charge in [-0.25, -0.2) is 4.79 Å². The number of nitrogens with one attached hydrogen (secondary N) is 2. The fourth-order valence-electron chi connectivity index (χ4n) is 1.97. The molecule has 0 atom stereocenters. The first kappa shape index (κ1) is 16.8. The van der Waals surface area contributed by atoms with E-state index in [1.54, 1.807) is 36.4 Å². The van der Waals surface area contributed by atoms with Crippen LogP contribution in [0.3, 0.4) is 0 Å². The number of hydrogen-bond donors (Lipinski definition) is 2. The summed E-state index contributed by atoms with van der Waals surface area (Å²) in [5, 5.41) is 6.38. The molecular weight excluding hydrogens is 316 g/mol. The van der Waals surface area contributed by atoms with E-state index in [2.05, 4.69) is 10.6 Å². The molecule has 0 aromatic heterocycles. The van der Waals surface area contributed by atoms with Gasteiger partial charge in [0.2, 0.25) is 5.91 Å². The number of ether oxygens (including phenoxy) is 1. The highest BCUT2D eigenvalue weighted by Crippen LogP contribution is 2.15. The number of amides is 1. The number of benzene rings is 2. The Labute approximate surface area is 139 Å². The molecule has 0 aliphatic rings. The third-order valence-electron chi connectivity index (χ3n) is 3.17. The quantitative estimate of drug-likeness (QED) is 0.798. The van der Waals surface area contributed by atoms with Gasteiger partial charge in [-0.2, -0.15) is 0 Å². The maximum absolute atomic E-state index is 11.9. The number of esters is 1. The molecule has 0 bridgehead atoms. The lowest BCUT2D eigenvalue weighted by molar-refractivity contribution is -0.119. The Hall–Kier alpha value is -2.53.